The minimum Gasteiger partial charge on any atom is -0.493 e. The van der Waals surface area contributed by atoms with Crippen molar-refractivity contribution in [2.75, 3.05) is 26.9 Å². The molecular formula is C28H27NO8S2. The first-order chi connectivity index (χ1) is 18.7. The van der Waals surface area contributed by atoms with E-state index >= 15 is 0 Å². The summed E-state index contributed by atoms with van der Waals surface area (Å²) >= 11 is 0.813. The van der Waals surface area contributed by atoms with Crippen LogP contribution in [0.25, 0.3) is 6.08 Å². The topological polar surface area (TPSA) is 108 Å². The van der Waals surface area contributed by atoms with Crippen LogP contribution in [0.1, 0.15) is 18.1 Å². The summed E-state index contributed by atoms with van der Waals surface area (Å²) < 4.78 is 47.4. The summed E-state index contributed by atoms with van der Waals surface area (Å²) in [4.78, 5) is 26.8. The van der Waals surface area contributed by atoms with Crippen molar-refractivity contribution in [3.63, 3.8) is 0 Å². The predicted molar refractivity (Wildman–Crippen MR) is 148 cm³/mol. The van der Waals surface area contributed by atoms with Crippen LogP contribution in [0.4, 0.5) is 4.79 Å². The molecule has 204 valence electrons. The van der Waals surface area contributed by atoms with Gasteiger partial charge in [-0.2, -0.15) is 8.42 Å². The van der Waals surface area contributed by atoms with E-state index in [2.05, 4.69) is 0 Å². The molecule has 0 radical (unpaired) electrons. The maximum atomic E-state index is 12.9. The third kappa shape index (κ3) is 6.73. The van der Waals surface area contributed by atoms with Gasteiger partial charge in [-0.3, -0.25) is 14.5 Å². The highest BCUT2D eigenvalue weighted by Gasteiger charge is 2.35. The summed E-state index contributed by atoms with van der Waals surface area (Å²) in [5, 5.41) is -0.413. The van der Waals surface area contributed by atoms with Crippen LogP contribution >= 0.6 is 11.8 Å². The molecule has 39 heavy (non-hydrogen) atoms. The van der Waals surface area contributed by atoms with Gasteiger partial charge in [-0.25, -0.2) is 0 Å². The number of carbonyl (C=O) groups is 2. The van der Waals surface area contributed by atoms with E-state index < -0.39 is 21.3 Å². The van der Waals surface area contributed by atoms with Crippen molar-refractivity contribution >= 4 is 39.1 Å². The second kappa shape index (κ2) is 12.3. The van der Waals surface area contributed by atoms with Gasteiger partial charge in [0.05, 0.1) is 25.2 Å². The van der Waals surface area contributed by atoms with Crippen molar-refractivity contribution in [1.82, 2.24) is 4.90 Å². The molecule has 0 saturated carbocycles. The third-order valence-corrected chi connectivity index (χ3v) is 7.75. The molecule has 0 aromatic heterocycles. The monoisotopic (exact) mass is 569 g/mol. The van der Waals surface area contributed by atoms with Gasteiger partial charge in [0, 0.05) is 0 Å². The quantitative estimate of drug-likeness (QED) is 0.225. The van der Waals surface area contributed by atoms with Gasteiger partial charge >= 0.3 is 10.1 Å². The first kappa shape index (κ1) is 28.1. The van der Waals surface area contributed by atoms with Crippen LogP contribution in [0.5, 0.6) is 23.0 Å². The number of imide groups is 1. The number of benzene rings is 3. The van der Waals surface area contributed by atoms with Gasteiger partial charge in [0.15, 0.2) is 23.0 Å². The number of hydrogen-bond donors (Lipinski definition) is 0. The van der Waals surface area contributed by atoms with Crippen LogP contribution in [0.3, 0.4) is 0 Å². The molecule has 0 unspecified atom stereocenters. The van der Waals surface area contributed by atoms with Gasteiger partial charge in [0.1, 0.15) is 11.5 Å². The van der Waals surface area contributed by atoms with Crippen molar-refractivity contribution in [3.8, 4) is 23.0 Å². The third-order valence-electron chi connectivity index (χ3n) is 5.59. The predicted octanol–water partition coefficient (Wildman–Crippen LogP) is 5.29. The second-order valence-corrected chi connectivity index (χ2v) is 10.9. The molecule has 11 heteroatoms. The molecule has 0 spiro atoms. The number of nitrogens with zero attached hydrogens (tertiary/aromatic N) is 1. The Labute approximate surface area is 231 Å². The van der Waals surface area contributed by atoms with Crippen LogP contribution in [-0.4, -0.2) is 51.3 Å². The Balaban J connectivity index is 1.47. The van der Waals surface area contributed by atoms with Gasteiger partial charge in [-0.1, -0.05) is 35.9 Å². The molecule has 3 aromatic carbocycles. The van der Waals surface area contributed by atoms with E-state index in [1.165, 1.54) is 25.3 Å². The number of methoxy groups -OCH3 is 1. The Hall–Kier alpha value is -3.96. The minimum atomic E-state index is -4.09. The molecule has 1 heterocycles. The number of amides is 2. The fourth-order valence-electron chi connectivity index (χ4n) is 3.65. The van der Waals surface area contributed by atoms with E-state index in [0.29, 0.717) is 17.1 Å². The zero-order valence-electron chi connectivity index (χ0n) is 21.6. The van der Waals surface area contributed by atoms with Crippen LogP contribution < -0.4 is 18.4 Å². The molecule has 9 nitrogen and oxygen atoms in total. The molecule has 4 rings (SSSR count). The molecule has 1 fully saturated rings. The Morgan fingerprint density at radius 3 is 2.31 bits per heavy atom. The summed E-state index contributed by atoms with van der Waals surface area (Å²) in [6.45, 7) is 4.03. The molecule has 1 aliphatic rings. The summed E-state index contributed by atoms with van der Waals surface area (Å²) in [5.41, 5.74) is 1.45. The van der Waals surface area contributed by atoms with Crippen LogP contribution in [0, 0.1) is 6.92 Å². The Morgan fingerprint density at radius 1 is 0.897 bits per heavy atom. The van der Waals surface area contributed by atoms with Crippen molar-refractivity contribution in [2.24, 2.45) is 0 Å². The number of para-hydroxylation sites is 2. The van der Waals surface area contributed by atoms with Crippen molar-refractivity contribution in [1.29, 1.82) is 0 Å². The number of ether oxygens (including phenoxy) is 3. The van der Waals surface area contributed by atoms with Crippen molar-refractivity contribution in [3.05, 3.63) is 82.8 Å². The Kier molecular flexibility index (Phi) is 8.82. The molecule has 1 aliphatic heterocycles. The molecule has 0 atom stereocenters. The van der Waals surface area contributed by atoms with Crippen molar-refractivity contribution in [2.45, 2.75) is 18.7 Å². The number of rotatable bonds is 11. The van der Waals surface area contributed by atoms with Crippen LogP contribution in [-0.2, 0) is 14.9 Å². The number of hydrogen-bond acceptors (Lipinski definition) is 9. The lowest BCUT2D eigenvalue weighted by molar-refractivity contribution is -0.123. The highest BCUT2D eigenvalue weighted by Crippen LogP contribution is 2.36. The van der Waals surface area contributed by atoms with E-state index in [1.807, 2.05) is 13.0 Å². The average Bonchev–Trinajstić information content (AvgIpc) is 3.18. The highest BCUT2D eigenvalue weighted by molar-refractivity contribution is 8.18. The largest absolute Gasteiger partial charge is 0.493 e. The number of carbonyl (C=O) groups excluding carboxylic acids is 2. The SMILES string of the molecule is CCOc1cc(/C=C2\SC(=O)N(CCOc3ccccc3OC)C2=O)ccc1OS(=O)(=O)c1ccc(C)cc1. The fourth-order valence-corrected chi connectivity index (χ4v) is 5.46. The first-order valence-electron chi connectivity index (χ1n) is 12.0. The van der Waals surface area contributed by atoms with E-state index in [4.69, 9.17) is 18.4 Å². The highest BCUT2D eigenvalue weighted by atomic mass is 32.2. The standard InChI is InChI=1S/C28H27NO8S2/c1-4-35-25-17-20(11-14-24(25)37-39(32,33)21-12-9-19(2)10-13-21)18-26-27(30)29(28(31)38-26)15-16-36-23-8-6-5-7-22(23)34-3/h5-14,17-18H,4,15-16H2,1-3H3/b26-18-. The fraction of sp³-hybridized carbons (Fsp3) is 0.214. The molecule has 1 saturated heterocycles. The maximum Gasteiger partial charge on any atom is 0.339 e. The lowest BCUT2D eigenvalue weighted by atomic mass is 10.2. The normalized spacial score (nSPS) is 14.5. The van der Waals surface area contributed by atoms with Gasteiger partial charge < -0.3 is 18.4 Å². The molecule has 0 aliphatic carbocycles. The van der Waals surface area contributed by atoms with Gasteiger partial charge in [0.25, 0.3) is 11.1 Å². The van der Waals surface area contributed by atoms with E-state index in [1.54, 1.807) is 55.5 Å². The molecular weight excluding hydrogens is 542 g/mol. The average molecular weight is 570 g/mol. The number of thioether (sulfide) groups is 1. The summed E-state index contributed by atoms with van der Waals surface area (Å²) in [7, 11) is -2.56. The van der Waals surface area contributed by atoms with Crippen LogP contribution in [0.15, 0.2) is 76.5 Å². The lowest BCUT2D eigenvalue weighted by Gasteiger charge is -2.14. The maximum absolute atomic E-state index is 12.9. The van der Waals surface area contributed by atoms with Crippen molar-refractivity contribution < 1.29 is 36.4 Å². The van der Waals surface area contributed by atoms with E-state index in [0.717, 1.165) is 22.2 Å². The first-order valence-corrected chi connectivity index (χ1v) is 14.2. The minimum absolute atomic E-state index is 0.0103. The molecule has 2 amide bonds. The van der Waals surface area contributed by atoms with Gasteiger partial charge in [0.2, 0.25) is 0 Å². The van der Waals surface area contributed by atoms with E-state index in [9.17, 15) is 18.0 Å². The van der Waals surface area contributed by atoms with E-state index in [-0.39, 0.29) is 41.1 Å². The molecule has 0 bridgehead atoms. The molecule has 0 N–H and O–H groups in total. The Morgan fingerprint density at radius 2 is 1.62 bits per heavy atom. The number of aryl methyl sites for hydroxylation is 1. The van der Waals surface area contributed by atoms with Gasteiger partial charge in [-0.05, 0) is 73.6 Å². The zero-order valence-corrected chi connectivity index (χ0v) is 23.2. The lowest BCUT2D eigenvalue weighted by Crippen LogP contribution is -2.32. The summed E-state index contributed by atoms with van der Waals surface area (Å²) in [6.07, 6.45) is 1.55. The zero-order chi connectivity index (χ0) is 28.0. The molecule has 3 aromatic rings. The smallest absolute Gasteiger partial charge is 0.339 e. The summed E-state index contributed by atoms with van der Waals surface area (Å²) in [6, 6.07) is 18.0. The second-order valence-electron chi connectivity index (χ2n) is 8.32. The Bertz CT molecular complexity index is 1500. The van der Waals surface area contributed by atoms with Gasteiger partial charge in [-0.15, -0.1) is 0 Å². The summed E-state index contributed by atoms with van der Waals surface area (Å²) in [5.74, 6) is 0.810. The van der Waals surface area contributed by atoms with Crippen LogP contribution in [0.2, 0.25) is 0 Å².